The van der Waals surface area contributed by atoms with Gasteiger partial charge in [-0.3, -0.25) is 4.79 Å². The van der Waals surface area contributed by atoms with Crippen LogP contribution in [0.3, 0.4) is 0 Å². The van der Waals surface area contributed by atoms with Gasteiger partial charge < -0.3 is 19.5 Å². The van der Waals surface area contributed by atoms with Crippen molar-refractivity contribution >= 4 is 24.2 Å². The van der Waals surface area contributed by atoms with Gasteiger partial charge >= 0.3 is 7.12 Å². The van der Waals surface area contributed by atoms with Crippen molar-refractivity contribution in [1.82, 2.24) is 4.90 Å². The third-order valence-electron chi connectivity index (χ3n) is 4.65. The first-order valence-corrected chi connectivity index (χ1v) is 7.20. The molecule has 0 aliphatic carbocycles. The van der Waals surface area contributed by atoms with E-state index in [0.717, 1.165) is 11.2 Å². The number of nitrogens with one attached hydrogen (secondary N) is 1. The van der Waals surface area contributed by atoms with E-state index in [0.29, 0.717) is 12.2 Å². The number of rotatable bonds is 1. The number of amides is 1. The van der Waals surface area contributed by atoms with Crippen molar-refractivity contribution < 1.29 is 14.1 Å². The molecule has 1 aromatic rings. The van der Waals surface area contributed by atoms with E-state index < -0.39 is 7.12 Å². The molecule has 0 radical (unpaired) electrons. The molecule has 21 heavy (non-hydrogen) atoms. The summed E-state index contributed by atoms with van der Waals surface area (Å²) in [5.41, 5.74) is 1.72. The van der Waals surface area contributed by atoms with Gasteiger partial charge in [-0.05, 0) is 45.3 Å². The zero-order chi connectivity index (χ0) is 15.4. The molecule has 0 spiro atoms. The Labute approximate surface area is 125 Å². The topological polar surface area (TPSA) is 50.8 Å². The first-order valence-electron chi connectivity index (χ1n) is 7.20. The van der Waals surface area contributed by atoms with Crippen LogP contribution in [0.5, 0.6) is 0 Å². The molecule has 5 nitrogen and oxygen atoms in total. The van der Waals surface area contributed by atoms with Gasteiger partial charge in [-0.15, -0.1) is 0 Å². The Balaban J connectivity index is 1.91. The van der Waals surface area contributed by atoms with E-state index in [9.17, 15) is 4.79 Å². The molecule has 0 saturated carbocycles. The van der Waals surface area contributed by atoms with Gasteiger partial charge in [-0.2, -0.15) is 0 Å². The lowest BCUT2D eigenvalue weighted by Crippen LogP contribution is -2.41. The molecule has 0 bridgehead atoms. The Kier molecular flexibility index (Phi) is 3.08. The highest BCUT2D eigenvalue weighted by atomic mass is 16.7. The molecule has 1 aromatic carbocycles. The smallest absolute Gasteiger partial charge is 0.399 e. The minimum atomic E-state index is -0.406. The second-order valence-corrected chi connectivity index (χ2v) is 6.73. The first-order chi connectivity index (χ1) is 9.71. The number of hydrogen-bond acceptors (Lipinski definition) is 4. The molecule has 2 aliphatic rings. The van der Waals surface area contributed by atoms with Crippen molar-refractivity contribution in [3.8, 4) is 0 Å². The molecule has 6 heteroatoms. The summed E-state index contributed by atoms with van der Waals surface area (Å²) in [6.07, 6.45) is 0. The van der Waals surface area contributed by atoms with Gasteiger partial charge in [0.2, 0.25) is 0 Å². The Morgan fingerprint density at radius 2 is 1.81 bits per heavy atom. The average molecular weight is 288 g/mol. The largest absolute Gasteiger partial charge is 0.494 e. The molecule has 1 N–H and O–H groups in total. The highest BCUT2D eigenvalue weighted by molar-refractivity contribution is 6.62. The number of anilines is 1. The number of carbonyl (C=O) groups excluding carboxylic acids is 1. The van der Waals surface area contributed by atoms with Crippen LogP contribution in [0, 0.1) is 0 Å². The summed E-state index contributed by atoms with van der Waals surface area (Å²) in [6, 6.07) is 5.68. The van der Waals surface area contributed by atoms with Crippen LogP contribution in [0.2, 0.25) is 0 Å². The van der Waals surface area contributed by atoms with Crippen LogP contribution in [0.4, 0.5) is 5.69 Å². The normalized spacial score (nSPS) is 23.0. The van der Waals surface area contributed by atoms with Crippen LogP contribution in [0.15, 0.2) is 18.2 Å². The molecule has 2 aliphatic heterocycles. The van der Waals surface area contributed by atoms with E-state index in [1.165, 1.54) is 0 Å². The molecule has 1 fully saturated rings. The van der Waals surface area contributed by atoms with Crippen molar-refractivity contribution in [1.29, 1.82) is 0 Å². The van der Waals surface area contributed by atoms with E-state index in [4.69, 9.17) is 9.31 Å². The minimum absolute atomic E-state index is 0.0317. The quantitative estimate of drug-likeness (QED) is 0.795. The van der Waals surface area contributed by atoms with Gasteiger partial charge in [0.05, 0.1) is 23.4 Å². The maximum absolute atomic E-state index is 12.1. The maximum atomic E-state index is 12.1. The highest BCUT2D eigenvalue weighted by Crippen LogP contribution is 2.36. The fourth-order valence-corrected chi connectivity index (χ4v) is 2.50. The lowest BCUT2D eigenvalue weighted by molar-refractivity contribution is 0.00578. The van der Waals surface area contributed by atoms with E-state index in [1.54, 1.807) is 11.9 Å². The Morgan fingerprint density at radius 1 is 1.19 bits per heavy atom. The second kappa shape index (κ2) is 4.48. The predicted molar refractivity (Wildman–Crippen MR) is 82.7 cm³/mol. The van der Waals surface area contributed by atoms with E-state index in [-0.39, 0.29) is 17.1 Å². The van der Waals surface area contributed by atoms with Crippen molar-refractivity contribution in [3.05, 3.63) is 23.8 Å². The van der Waals surface area contributed by atoms with Crippen LogP contribution >= 0.6 is 0 Å². The summed E-state index contributed by atoms with van der Waals surface area (Å²) in [5, 5.41) is 3.24. The van der Waals surface area contributed by atoms with Crippen molar-refractivity contribution in [2.75, 3.05) is 19.0 Å². The molecule has 2 heterocycles. The van der Waals surface area contributed by atoms with E-state index in [2.05, 4.69) is 5.32 Å². The second-order valence-electron chi connectivity index (χ2n) is 6.73. The standard InChI is InChI=1S/C15H21BN2O3/c1-14(2)15(3,4)21-16(20-14)10-6-7-11-12(8-10)17-9-18(5)13(11)19/h6-8,17H,9H2,1-5H3. The monoisotopic (exact) mass is 288 g/mol. The van der Waals surface area contributed by atoms with Gasteiger partial charge in [0.15, 0.2) is 0 Å². The van der Waals surface area contributed by atoms with Gasteiger partial charge in [0.25, 0.3) is 5.91 Å². The van der Waals surface area contributed by atoms with Gasteiger partial charge in [-0.25, -0.2) is 0 Å². The molecule has 112 valence electrons. The Morgan fingerprint density at radius 3 is 2.43 bits per heavy atom. The fraction of sp³-hybridized carbons (Fsp3) is 0.533. The molecule has 0 unspecified atom stereocenters. The fourth-order valence-electron chi connectivity index (χ4n) is 2.50. The molecule has 1 saturated heterocycles. The lowest BCUT2D eigenvalue weighted by Gasteiger charge is -2.32. The zero-order valence-corrected chi connectivity index (χ0v) is 13.2. The lowest BCUT2D eigenvalue weighted by atomic mass is 9.78. The SMILES string of the molecule is CN1CNc2cc(B3OC(C)(C)C(C)(C)O3)ccc2C1=O. The maximum Gasteiger partial charge on any atom is 0.494 e. The molecule has 3 rings (SSSR count). The third-order valence-corrected chi connectivity index (χ3v) is 4.65. The average Bonchev–Trinajstić information content (AvgIpc) is 2.63. The zero-order valence-electron chi connectivity index (χ0n) is 13.2. The number of carbonyl (C=O) groups is 1. The minimum Gasteiger partial charge on any atom is -0.399 e. The molecule has 0 aromatic heterocycles. The summed E-state index contributed by atoms with van der Waals surface area (Å²) in [6.45, 7) is 8.63. The van der Waals surface area contributed by atoms with E-state index in [1.807, 2.05) is 45.9 Å². The van der Waals surface area contributed by atoms with Crippen molar-refractivity contribution in [2.45, 2.75) is 38.9 Å². The Hall–Kier alpha value is -1.53. The molecular weight excluding hydrogens is 267 g/mol. The van der Waals surface area contributed by atoms with Crippen LogP contribution in [0.25, 0.3) is 0 Å². The molecule has 1 amide bonds. The first kappa shape index (κ1) is 14.4. The highest BCUT2D eigenvalue weighted by Gasteiger charge is 2.51. The van der Waals surface area contributed by atoms with E-state index >= 15 is 0 Å². The summed E-state index contributed by atoms with van der Waals surface area (Å²) in [7, 11) is 1.37. The summed E-state index contributed by atoms with van der Waals surface area (Å²) < 4.78 is 12.1. The van der Waals surface area contributed by atoms with Crippen LogP contribution < -0.4 is 10.8 Å². The summed E-state index contributed by atoms with van der Waals surface area (Å²) in [4.78, 5) is 13.7. The van der Waals surface area contributed by atoms with Crippen LogP contribution in [-0.4, -0.2) is 42.8 Å². The van der Waals surface area contributed by atoms with Crippen LogP contribution in [-0.2, 0) is 9.31 Å². The van der Waals surface area contributed by atoms with Crippen molar-refractivity contribution in [2.24, 2.45) is 0 Å². The number of benzene rings is 1. The number of fused-ring (bicyclic) bond motifs is 1. The summed E-state index contributed by atoms with van der Waals surface area (Å²) >= 11 is 0. The van der Waals surface area contributed by atoms with Gasteiger partial charge in [-0.1, -0.05) is 6.07 Å². The number of hydrogen-bond donors (Lipinski definition) is 1. The third kappa shape index (κ3) is 2.22. The Bertz CT molecular complexity index is 585. The van der Waals surface area contributed by atoms with Gasteiger partial charge in [0.1, 0.15) is 0 Å². The van der Waals surface area contributed by atoms with Gasteiger partial charge in [0, 0.05) is 12.7 Å². The summed E-state index contributed by atoms with van der Waals surface area (Å²) in [5.74, 6) is 0.0317. The molecular formula is C15H21BN2O3. The van der Waals surface area contributed by atoms with Crippen LogP contribution in [0.1, 0.15) is 38.1 Å². The number of nitrogens with zero attached hydrogens (tertiary/aromatic N) is 1. The predicted octanol–water partition coefficient (Wildman–Crippen LogP) is 1.44. The molecule has 0 atom stereocenters. The van der Waals surface area contributed by atoms with Crippen molar-refractivity contribution in [3.63, 3.8) is 0 Å².